The van der Waals surface area contributed by atoms with Crippen molar-refractivity contribution in [2.45, 2.75) is 51.3 Å². The lowest BCUT2D eigenvalue weighted by molar-refractivity contribution is 0.133. The molecule has 1 saturated carbocycles. The SMILES string of the molecule is CC1(C)CCCCC1C(Cl)Cc1cccc(Br)c1. The van der Waals surface area contributed by atoms with Gasteiger partial charge >= 0.3 is 0 Å². The monoisotopic (exact) mass is 328 g/mol. The molecule has 1 aromatic rings. The Hall–Kier alpha value is -0.0100. The standard InChI is InChI=1S/C16H22BrCl/c1-16(2)9-4-3-8-14(16)15(18)11-12-6-5-7-13(17)10-12/h5-7,10,14-15H,3-4,8-9,11H2,1-2H3. The van der Waals surface area contributed by atoms with Gasteiger partial charge in [0.1, 0.15) is 0 Å². The molecular weight excluding hydrogens is 308 g/mol. The van der Waals surface area contributed by atoms with Crippen LogP contribution in [0.2, 0.25) is 0 Å². The summed E-state index contributed by atoms with van der Waals surface area (Å²) in [6, 6.07) is 8.52. The van der Waals surface area contributed by atoms with E-state index < -0.39 is 0 Å². The molecule has 1 aliphatic carbocycles. The second-order valence-corrected chi connectivity index (χ2v) is 7.67. The van der Waals surface area contributed by atoms with Gasteiger partial charge in [-0.25, -0.2) is 0 Å². The van der Waals surface area contributed by atoms with Crippen LogP contribution in [0.1, 0.15) is 45.1 Å². The molecule has 2 rings (SSSR count). The Morgan fingerprint density at radius 1 is 1.39 bits per heavy atom. The largest absolute Gasteiger partial charge is 0.122 e. The topological polar surface area (TPSA) is 0 Å². The average molecular weight is 330 g/mol. The molecule has 0 aliphatic heterocycles. The van der Waals surface area contributed by atoms with E-state index >= 15 is 0 Å². The minimum atomic E-state index is 0.259. The van der Waals surface area contributed by atoms with Crippen molar-refractivity contribution in [3.8, 4) is 0 Å². The van der Waals surface area contributed by atoms with Crippen molar-refractivity contribution >= 4 is 27.5 Å². The van der Waals surface area contributed by atoms with Crippen molar-refractivity contribution < 1.29 is 0 Å². The van der Waals surface area contributed by atoms with Crippen LogP contribution in [0.25, 0.3) is 0 Å². The van der Waals surface area contributed by atoms with Crippen molar-refractivity contribution in [3.05, 3.63) is 34.3 Å². The second kappa shape index (κ2) is 5.96. The molecule has 2 unspecified atom stereocenters. The van der Waals surface area contributed by atoms with Gasteiger partial charge in [-0.1, -0.05) is 54.8 Å². The van der Waals surface area contributed by atoms with Crippen LogP contribution in [0, 0.1) is 11.3 Å². The van der Waals surface area contributed by atoms with Gasteiger partial charge in [0.05, 0.1) is 0 Å². The molecule has 0 saturated heterocycles. The maximum Gasteiger partial charge on any atom is 0.0409 e. The lowest BCUT2D eigenvalue weighted by Crippen LogP contribution is -2.35. The highest BCUT2D eigenvalue weighted by Crippen LogP contribution is 2.44. The zero-order valence-corrected chi connectivity index (χ0v) is 13.6. The minimum Gasteiger partial charge on any atom is -0.122 e. The first kappa shape index (κ1) is 14.4. The van der Waals surface area contributed by atoms with E-state index in [4.69, 9.17) is 11.6 Å². The van der Waals surface area contributed by atoms with Gasteiger partial charge in [0.15, 0.2) is 0 Å². The van der Waals surface area contributed by atoms with Gasteiger partial charge in [0.2, 0.25) is 0 Å². The lowest BCUT2D eigenvalue weighted by Gasteiger charge is -2.41. The number of hydrogen-bond acceptors (Lipinski definition) is 0. The number of rotatable bonds is 3. The maximum absolute atomic E-state index is 6.72. The first-order valence-corrected chi connectivity index (χ1v) is 8.10. The third kappa shape index (κ3) is 3.51. The molecule has 18 heavy (non-hydrogen) atoms. The van der Waals surface area contributed by atoms with Gasteiger partial charge in [0.25, 0.3) is 0 Å². The molecule has 0 N–H and O–H groups in total. The van der Waals surface area contributed by atoms with Gasteiger partial charge in [-0.05, 0) is 48.3 Å². The molecule has 2 heteroatoms. The van der Waals surface area contributed by atoms with Crippen LogP contribution >= 0.6 is 27.5 Å². The Balaban J connectivity index is 2.05. The van der Waals surface area contributed by atoms with Crippen LogP contribution in [0.3, 0.4) is 0 Å². The predicted molar refractivity (Wildman–Crippen MR) is 83.2 cm³/mol. The molecule has 2 atom stereocenters. The summed E-state index contributed by atoms with van der Waals surface area (Å²) in [5, 5.41) is 0.259. The summed E-state index contributed by atoms with van der Waals surface area (Å²) < 4.78 is 1.15. The van der Waals surface area contributed by atoms with Crippen molar-refractivity contribution in [3.63, 3.8) is 0 Å². The Bertz CT molecular complexity index is 400. The van der Waals surface area contributed by atoms with Crippen molar-refractivity contribution in [2.24, 2.45) is 11.3 Å². The molecular formula is C16H22BrCl. The van der Waals surface area contributed by atoms with E-state index in [1.807, 2.05) is 0 Å². The highest BCUT2D eigenvalue weighted by molar-refractivity contribution is 9.10. The summed E-state index contributed by atoms with van der Waals surface area (Å²) in [7, 11) is 0. The first-order valence-electron chi connectivity index (χ1n) is 6.87. The van der Waals surface area contributed by atoms with Gasteiger partial charge in [0, 0.05) is 9.85 Å². The maximum atomic E-state index is 6.72. The molecule has 0 nitrogen and oxygen atoms in total. The van der Waals surface area contributed by atoms with Gasteiger partial charge < -0.3 is 0 Å². The fourth-order valence-electron chi connectivity index (χ4n) is 3.22. The van der Waals surface area contributed by atoms with E-state index in [1.165, 1.54) is 31.2 Å². The molecule has 0 spiro atoms. The fourth-order valence-corrected chi connectivity index (χ4v) is 4.31. The van der Waals surface area contributed by atoms with Crippen molar-refractivity contribution in [2.75, 3.05) is 0 Å². The van der Waals surface area contributed by atoms with Crippen LogP contribution in [0.15, 0.2) is 28.7 Å². The highest BCUT2D eigenvalue weighted by atomic mass is 79.9. The Kier molecular flexibility index (Phi) is 4.77. The molecule has 0 heterocycles. The molecule has 100 valence electrons. The van der Waals surface area contributed by atoms with Gasteiger partial charge in [-0.3, -0.25) is 0 Å². The second-order valence-electron chi connectivity index (χ2n) is 6.19. The van der Waals surface area contributed by atoms with Crippen LogP contribution in [0.4, 0.5) is 0 Å². The van der Waals surface area contributed by atoms with Gasteiger partial charge in [-0.2, -0.15) is 0 Å². The summed E-state index contributed by atoms with van der Waals surface area (Å²) in [5.74, 6) is 0.645. The minimum absolute atomic E-state index is 0.259. The van der Waals surface area contributed by atoms with E-state index in [9.17, 15) is 0 Å². The molecule has 1 aliphatic rings. The number of halogens is 2. The summed E-state index contributed by atoms with van der Waals surface area (Å²) in [6.45, 7) is 4.76. The molecule has 0 bridgehead atoms. The molecule has 1 aromatic carbocycles. The zero-order valence-electron chi connectivity index (χ0n) is 11.3. The van der Waals surface area contributed by atoms with Crippen LogP contribution in [-0.4, -0.2) is 5.38 Å². The quantitative estimate of drug-likeness (QED) is 0.613. The fraction of sp³-hybridized carbons (Fsp3) is 0.625. The van der Waals surface area contributed by atoms with Crippen LogP contribution < -0.4 is 0 Å². The number of hydrogen-bond donors (Lipinski definition) is 0. The van der Waals surface area contributed by atoms with E-state index in [2.05, 4.69) is 54.0 Å². The summed E-state index contributed by atoms with van der Waals surface area (Å²) in [6.07, 6.45) is 6.30. The molecule has 0 aromatic heterocycles. The normalized spacial score (nSPS) is 24.8. The van der Waals surface area contributed by atoms with E-state index in [0.717, 1.165) is 10.9 Å². The van der Waals surface area contributed by atoms with Crippen molar-refractivity contribution in [1.29, 1.82) is 0 Å². The highest BCUT2D eigenvalue weighted by Gasteiger charge is 2.36. The summed E-state index contributed by atoms with van der Waals surface area (Å²) in [4.78, 5) is 0. The molecule has 1 fully saturated rings. The Morgan fingerprint density at radius 2 is 2.17 bits per heavy atom. The summed E-state index contributed by atoms with van der Waals surface area (Å²) >= 11 is 10.2. The van der Waals surface area contributed by atoms with Crippen LogP contribution in [-0.2, 0) is 6.42 Å². The summed E-state index contributed by atoms with van der Waals surface area (Å²) in [5.41, 5.74) is 1.74. The van der Waals surface area contributed by atoms with Gasteiger partial charge in [-0.15, -0.1) is 11.6 Å². The van der Waals surface area contributed by atoms with E-state index in [0.29, 0.717) is 11.3 Å². The zero-order chi connectivity index (χ0) is 13.2. The Labute approximate surface area is 124 Å². The number of alkyl halides is 1. The first-order chi connectivity index (χ1) is 8.49. The van der Waals surface area contributed by atoms with E-state index in [1.54, 1.807) is 0 Å². The van der Waals surface area contributed by atoms with Crippen LogP contribution in [0.5, 0.6) is 0 Å². The average Bonchev–Trinajstić information content (AvgIpc) is 2.28. The predicted octanol–water partition coefficient (Wildman–Crippen LogP) is 5.82. The Morgan fingerprint density at radius 3 is 2.83 bits per heavy atom. The lowest BCUT2D eigenvalue weighted by atomic mass is 9.67. The van der Waals surface area contributed by atoms with E-state index in [-0.39, 0.29) is 5.38 Å². The number of benzene rings is 1. The smallest absolute Gasteiger partial charge is 0.0409 e. The molecule has 0 radical (unpaired) electrons. The van der Waals surface area contributed by atoms with Crippen molar-refractivity contribution in [1.82, 2.24) is 0 Å². The third-order valence-electron chi connectivity index (χ3n) is 4.35. The third-order valence-corrected chi connectivity index (χ3v) is 5.30. The molecule has 0 amide bonds.